The first-order valence-corrected chi connectivity index (χ1v) is 5.21. The van der Waals surface area contributed by atoms with Gasteiger partial charge in [0.1, 0.15) is 0 Å². The molecule has 1 aromatic rings. The maximum atomic E-state index is 9.28. The van der Waals surface area contributed by atoms with E-state index in [0.717, 1.165) is 22.3 Å². The minimum Gasteiger partial charge on any atom is -0.423 e. The van der Waals surface area contributed by atoms with Crippen molar-refractivity contribution in [1.82, 2.24) is 0 Å². The van der Waals surface area contributed by atoms with Crippen LogP contribution in [0.15, 0.2) is 11.2 Å². The molecule has 7 heteroatoms. The molecule has 6 nitrogen and oxygen atoms in total. The number of rotatable bonds is 4. The van der Waals surface area contributed by atoms with Crippen LogP contribution in [0.3, 0.4) is 0 Å². The Kier molecular flexibility index (Phi) is 4.54. The molecule has 0 aliphatic heterocycles. The molecule has 0 radical (unpaired) electrons. The first-order valence-electron chi connectivity index (χ1n) is 5.21. The van der Waals surface area contributed by atoms with E-state index in [9.17, 15) is 10.0 Å². The van der Waals surface area contributed by atoms with E-state index >= 15 is 0 Å². The van der Waals surface area contributed by atoms with Crippen molar-refractivity contribution in [3.63, 3.8) is 0 Å². The number of benzene rings is 1. The third-order valence-electron chi connectivity index (χ3n) is 2.94. The monoisotopic (exact) mass is 234 g/mol. The zero-order chi connectivity index (χ0) is 13.0. The lowest BCUT2D eigenvalue weighted by Gasteiger charge is -2.16. The van der Waals surface area contributed by atoms with Crippen molar-refractivity contribution in [1.29, 1.82) is 0 Å². The molecule has 1 rings (SSSR count). The van der Waals surface area contributed by atoms with E-state index in [-0.39, 0.29) is 6.54 Å². The van der Waals surface area contributed by atoms with Crippen LogP contribution in [0, 0.1) is 13.8 Å². The lowest BCUT2D eigenvalue weighted by atomic mass is 9.74. The summed E-state index contributed by atoms with van der Waals surface area (Å²) < 4.78 is 0. The molecule has 4 N–H and O–H groups in total. The van der Waals surface area contributed by atoms with E-state index in [2.05, 4.69) is 10.0 Å². The molecule has 17 heavy (non-hydrogen) atoms. The maximum absolute atomic E-state index is 9.28. The minimum atomic E-state index is -1.55. The predicted octanol–water partition coefficient (Wildman–Crippen LogP) is 0.252. The summed E-state index contributed by atoms with van der Waals surface area (Å²) in [4.78, 5) is 2.71. The zero-order valence-electron chi connectivity index (χ0n) is 9.88. The highest BCUT2D eigenvalue weighted by molar-refractivity contribution is 6.59. The van der Waals surface area contributed by atoms with Crippen LogP contribution >= 0.6 is 0 Å². The Balaban J connectivity index is 3.43. The van der Waals surface area contributed by atoms with Crippen molar-refractivity contribution in [3.8, 4) is 0 Å². The first-order chi connectivity index (χ1) is 8.02. The van der Waals surface area contributed by atoms with E-state index < -0.39 is 7.12 Å². The SMILES string of the molecule is Cc1c(CN)cc(B(O)O)c(C)c1CN=[N+]=[N-]. The van der Waals surface area contributed by atoms with Gasteiger partial charge in [-0.05, 0) is 47.1 Å². The number of nitrogens with two attached hydrogens (primary N) is 1. The summed E-state index contributed by atoms with van der Waals surface area (Å²) in [5.41, 5.74) is 17.6. The molecule has 0 aliphatic carbocycles. The van der Waals surface area contributed by atoms with Crippen molar-refractivity contribution >= 4 is 12.6 Å². The van der Waals surface area contributed by atoms with Crippen molar-refractivity contribution in [2.45, 2.75) is 26.9 Å². The number of azide groups is 1. The fourth-order valence-electron chi connectivity index (χ4n) is 1.87. The van der Waals surface area contributed by atoms with Gasteiger partial charge in [-0.1, -0.05) is 11.2 Å². The number of hydrogen-bond acceptors (Lipinski definition) is 4. The fourth-order valence-corrected chi connectivity index (χ4v) is 1.87. The Morgan fingerprint density at radius 2 is 2.06 bits per heavy atom. The minimum absolute atomic E-state index is 0.182. The molecule has 0 heterocycles. The average Bonchev–Trinajstić information content (AvgIpc) is 2.29. The molecule has 0 aliphatic rings. The van der Waals surface area contributed by atoms with Crippen LogP contribution in [0.5, 0.6) is 0 Å². The first kappa shape index (κ1) is 13.5. The summed E-state index contributed by atoms with van der Waals surface area (Å²) in [6, 6.07) is 1.68. The molecule has 0 saturated heterocycles. The Labute approximate surface area is 99.8 Å². The second-order valence-corrected chi connectivity index (χ2v) is 3.82. The third-order valence-corrected chi connectivity index (χ3v) is 2.94. The largest absolute Gasteiger partial charge is 0.488 e. The lowest BCUT2D eigenvalue weighted by molar-refractivity contribution is 0.425. The highest BCUT2D eigenvalue weighted by Gasteiger charge is 2.19. The van der Waals surface area contributed by atoms with Crippen molar-refractivity contribution in [2.24, 2.45) is 10.8 Å². The predicted molar refractivity (Wildman–Crippen MR) is 66.5 cm³/mol. The van der Waals surface area contributed by atoms with Gasteiger partial charge < -0.3 is 15.8 Å². The molecule has 0 aromatic heterocycles. The summed E-state index contributed by atoms with van der Waals surface area (Å²) >= 11 is 0. The molecule has 0 unspecified atom stereocenters. The highest BCUT2D eigenvalue weighted by atomic mass is 16.4. The molecule has 1 aromatic carbocycles. The molecular weight excluding hydrogens is 219 g/mol. The molecular formula is C10H15BN4O2. The smallest absolute Gasteiger partial charge is 0.423 e. The van der Waals surface area contributed by atoms with Crippen molar-refractivity contribution < 1.29 is 10.0 Å². The quantitative estimate of drug-likeness (QED) is 0.300. The Morgan fingerprint density at radius 3 is 2.53 bits per heavy atom. The van der Waals surface area contributed by atoms with Crippen LogP contribution in [0.2, 0.25) is 0 Å². The van der Waals surface area contributed by atoms with Crippen LogP contribution < -0.4 is 11.2 Å². The van der Waals surface area contributed by atoms with Crippen LogP contribution in [0.4, 0.5) is 0 Å². The molecule has 0 bridgehead atoms. The van der Waals surface area contributed by atoms with Crippen LogP contribution in [0.25, 0.3) is 10.4 Å². The zero-order valence-corrected chi connectivity index (χ0v) is 9.88. The van der Waals surface area contributed by atoms with Gasteiger partial charge in [0, 0.05) is 11.5 Å². The Bertz CT molecular complexity index is 470. The number of nitrogens with zero attached hydrogens (tertiary/aromatic N) is 3. The van der Waals surface area contributed by atoms with Gasteiger partial charge in [0.2, 0.25) is 0 Å². The van der Waals surface area contributed by atoms with Gasteiger partial charge in [-0.15, -0.1) is 0 Å². The summed E-state index contributed by atoms with van der Waals surface area (Å²) in [6.07, 6.45) is 0. The van der Waals surface area contributed by atoms with Gasteiger partial charge in [0.25, 0.3) is 0 Å². The summed E-state index contributed by atoms with van der Waals surface area (Å²) in [6.45, 7) is 4.13. The molecule has 0 saturated carbocycles. The van der Waals surface area contributed by atoms with Crippen LogP contribution in [-0.4, -0.2) is 17.2 Å². The normalized spacial score (nSPS) is 9.94. The maximum Gasteiger partial charge on any atom is 0.488 e. The molecule has 0 spiro atoms. The summed E-state index contributed by atoms with van der Waals surface area (Å²) in [7, 11) is -1.55. The second kappa shape index (κ2) is 5.70. The van der Waals surface area contributed by atoms with E-state index in [4.69, 9.17) is 11.3 Å². The van der Waals surface area contributed by atoms with Crippen molar-refractivity contribution in [2.75, 3.05) is 0 Å². The molecule has 90 valence electrons. The fraction of sp³-hybridized carbons (Fsp3) is 0.400. The second-order valence-electron chi connectivity index (χ2n) is 3.82. The van der Waals surface area contributed by atoms with E-state index in [1.54, 1.807) is 13.0 Å². The molecule has 0 amide bonds. The van der Waals surface area contributed by atoms with Gasteiger partial charge in [0.05, 0.1) is 6.54 Å². The van der Waals surface area contributed by atoms with E-state index in [1.807, 2.05) is 6.92 Å². The van der Waals surface area contributed by atoms with Gasteiger partial charge in [-0.2, -0.15) is 0 Å². The Morgan fingerprint density at radius 1 is 1.41 bits per heavy atom. The third kappa shape index (κ3) is 2.78. The summed E-state index contributed by atoms with van der Waals surface area (Å²) in [5.74, 6) is 0. The van der Waals surface area contributed by atoms with Gasteiger partial charge in [0.15, 0.2) is 0 Å². The van der Waals surface area contributed by atoms with E-state index in [0.29, 0.717) is 12.0 Å². The van der Waals surface area contributed by atoms with Gasteiger partial charge >= 0.3 is 7.12 Å². The van der Waals surface area contributed by atoms with Gasteiger partial charge in [-0.25, -0.2) is 0 Å². The van der Waals surface area contributed by atoms with Gasteiger partial charge in [-0.3, -0.25) is 0 Å². The molecule has 0 fully saturated rings. The lowest BCUT2D eigenvalue weighted by Crippen LogP contribution is -2.34. The summed E-state index contributed by atoms with van der Waals surface area (Å²) in [5, 5.41) is 22.1. The van der Waals surface area contributed by atoms with Crippen molar-refractivity contribution in [3.05, 3.63) is 38.8 Å². The van der Waals surface area contributed by atoms with Crippen LogP contribution in [0.1, 0.15) is 22.3 Å². The Hall–Kier alpha value is -1.53. The topological polar surface area (TPSA) is 115 Å². The molecule has 0 atom stereocenters. The standard InChI is InChI=1S/C10H15BN4O2/c1-6-8(4-12)3-10(11(16)17)7(2)9(6)5-14-15-13/h3,16-17H,4-5,12H2,1-2H3. The van der Waals surface area contributed by atoms with Crippen LogP contribution in [-0.2, 0) is 13.1 Å². The number of hydrogen-bond donors (Lipinski definition) is 3. The van der Waals surface area contributed by atoms with E-state index in [1.165, 1.54) is 0 Å². The average molecular weight is 234 g/mol. The highest BCUT2D eigenvalue weighted by Crippen LogP contribution is 2.18.